The summed E-state index contributed by atoms with van der Waals surface area (Å²) in [6, 6.07) is 3.85. The molecular formula is C17H18N6O4S. The molecule has 0 spiro atoms. The topological polar surface area (TPSA) is 167 Å². The number of carboxylic acids is 1. The number of carbonyl (C=O) groups excluding carboxylic acids is 1. The van der Waals surface area contributed by atoms with Gasteiger partial charge in [-0.2, -0.15) is 4.98 Å². The molecule has 0 aliphatic heterocycles. The van der Waals surface area contributed by atoms with E-state index in [2.05, 4.69) is 25.3 Å². The molecule has 1 atom stereocenters. The van der Waals surface area contributed by atoms with Gasteiger partial charge in [-0.1, -0.05) is 25.6 Å². The number of carboxylic acid groups (broad SMARTS) is 1. The van der Waals surface area contributed by atoms with Crippen LogP contribution in [0.1, 0.15) is 24.2 Å². The summed E-state index contributed by atoms with van der Waals surface area (Å²) < 4.78 is 0. The molecule has 0 saturated carbocycles. The Morgan fingerprint density at radius 1 is 1.29 bits per heavy atom. The zero-order valence-electron chi connectivity index (χ0n) is 15.0. The molecule has 1 aromatic carbocycles. The van der Waals surface area contributed by atoms with E-state index in [0.717, 1.165) is 0 Å². The van der Waals surface area contributed by atoms with Crippen LogP contribution in [0.25, 0.3) is 11.2 Å². The van der Waals surface area contributed by atoms with Crippen molar-refractivity contribution < 1.29 is 19.8 Å². The summed E-state index contributed by atoms with van der Waals surface area (Å²) in [6.45, 7) is 3.76. The quantitative estimate of drug-likeness (QED) is 0.235. The summed E-state index contributed by atoms with van der Waals surface area (Å²) in [5, 5.41) is 21.3. The minimum Gasteiger partial charge on any atom is -0.507 e. The van der Waals surface area contributed by atoms with Crippen molar-refractivity contribution in [3.05, 3.63) is 30.1 Å². The van der Waals surface area contributed by atoms with E-state index in [1.165, 1.54) is 36.3 Å². The van der Waals surface area contributed by atoms with E-state index < -0.39 is 11.2 Å². The summed E-state index contributed by atoms with van der Waals surface area (Å²) >= 11 is 1.21. The zero-order chi connectivity index (χ0) is 20.4. The number of benzene rings is 1. The number of aromatic amines is 1. The smallest absolute Gasteiger partial charge is 0.339 e. The second-order valence-electron chi connectivity index (χ2n) is 6.30. The Balaban J connectivity index is 1.86. The van der Waals surface area contributed by atoms with E-state index in [0.29, 0.717) is 16.2 Å². The van der Waals surface area contributed by atoms with Crippen LogP contribution in [0.15, 0.2) is 29.6 Å². The van der Waals surface area contributed by atoms with Crippen LogP contribution < -0.4 is 11.1 Å². The molecule has 28 heavy (non-hydrogen) atoms. The summed E-state index contributed by atoms with van der Waals surface area (Å²) in [7, 11) is 0. The number of rotatable bonds is 6. The Morgan fingerprint density at radius 2 is 2.04 bits per heavy atom. The van der Waals surface area contributed by atoms with Crippen molar-refractivity contribution in [1.29, 1.82) is 0 Å². The van der Waals surface area contributed by atoms with Crippen molar-refractivity contribution >= 4 is 46.4 Å². The van der Waals surface area contributed by atoms with E-state index in [-0.39, 0.29) is 34.8 Å². The number of phenols is 1. The minimum atomic E-state index is -1.29. The highest BCUT2D eigenvalue weighted by atomic mass is 32.2. The fourth-order valence-corrected chi connectivity index (χ4v) is 3.61. The van der Waals surface area contributed by atoms with Crippen LogP contribution in [0.5, 0.6) is 5.75 Å². The van der Waals surface area contributed by atoms with Crippen molar-refractivity contribution in [2.75, 3.05) is 11.1 Å². The van der Waals surface area contributed by atoms with Gasteiger partial charge in [0.15, 0.2) is 5.65 Å². The van der Waals surface area contributed by atoms with Gasteiger partial charge in [-0.3, -0.25) is 4.79 Å². The maximum Gasteiger partial charge on any atom is 0.339 e. The van der Waals surface area contributed by atoms with E-state index in [4.69, 9.17) is 10.8 Å². The number of nitrogens with two attached hydrogens (primary N) is 1. The lowest BCUT2D eigenvalue weighted by molar-refractivity contribution is -0.116. The highest BCUT2D eigenvalue weighted by molar-refractivity contribution is 8.00. The van der Waals surface area contributed by atoms with Gasteiger partial charge in [0.2, 0.25) is 11.9 Å². The van der Waals surface area contributed by atoms with Crippen LogP contribution in [0.3, 0.4) is 0 Å². The fourth-order valence-electron chi connectivity index (χ4n) is 2.52. The third kappa shape index (κ3) is 3.98. The Morgan fingerprint density at radius 3 is 2.71 bits per heavy atom. The molecule has 0 radical (unpaired) electrons. The molecule has 3 rings (SSSR count). The molecule has 0 fully saturated rings. The van der Waals surface area contributed by atoms with E-state index in [1.807, 2.05) is 13.8 Å². The molecular weight excluding hydrogens is 384 g/mol. The van der Waals surface area contributed by atoms with Gasteiger partial charge in [0.1, 0.15) is 21.9 Å². The van der Waals surface area contributed by atoms with E-state index >= 15 is 0 Å². The Bertz CT molecular complexity index is 1050. The average Bonchev–Trinajstić information content (AvgIpc) is 3.08. The minimum absolute atomic E-state index is 0.0506. The highest BCUT2D eigenvalue weighted by Gasteiger charge is 2.26. The number of anilines is 2. The predicted molar refractivity (Wildman–Crippen MR) is 104 cm³/mol. The van der Waals surface area contributed by atoms with Crippen LogP contribution in [0.2, 0.25) is 0 Å². The van der Waals surface area contributed by atoms with Gasteiger partial charge < -0.3 is 26.2 Å². The number of imidazole rings is 1. The Kier molecular flexibility index (Phi) is 5.36. The lowest BCUT2D eigenvalue weighted by Crippen LogP contribution is -2.29. The third-order valence-corrected chi connectivity index (χ3v) is 5.40. The maximum atomic E-state index is 12.8. The van der Waals surface area contributed by atoms with Gasteiger partial charge in [0, 0.05) is 5.69 Å². The molecule has 1 unspecified atom stereocenters. The van der Waals surface area contributed by atoms with Gasteiger partial charge in [-0.25, -0.2) is 14.8 Å². The molecule has 146 valence electrons. The number of aromatic hydroxyl groups is 1. The molecule has 11 heteroatoms. The third-order valence-electron chi connectivity index (χ3n) is 3.87. The zero-order valence-corrected chi connectivity index (χ0v) is 15.8. The van der Waals surface area contributed by atoms with Crippen molar-refractivity contribution in [3.8, 4) is 5.75 Å². The Labute approximate surface area is 163 Å². The van der Waals surface area contributed by atoms with E-state index in [1.54, 1.807) is 0 Å². The predicted octanol–water partition coefficient (Wildman–Crippen LogP) is 2.09. The molecule has 0 saturated heterocycles. The largest absolute Gasteiger partial charge is 0.507 e. The standard InChI is InChI=1S/C17H18N6O4S/c1-7(2)12(28-15-11-13(20-6-19-11)22-17(18)23-15)14(25)21-8-3-4-10(24)9(5-8)16(26)27/h3-7,12,24H,1-2H3,(H,21,25)(H,26,27)(H3,18,19,20,22,23). The van der Waals surface area contributed by atoms with Gasteiger partial charge in [0.25, 0.3) is 0 Å². The molecule has 2 aromatic heterocycles. The number of nitrogens with one attached hydrogen (secondary N) is 2. The number of carbonyl (C=O) groups is 2. The second kappa shape index (κ2) is 7.72. The molecule has 2 heterocycles. The van der Waals surface area contributed by atoms with Gasteiger partial charge >= 0.3 is 5.97 Å². The second-order valence-corrected chi connectivity index (χ2v) is 7.43. The number of amides is 1. The number of nitrogens with zero attached hydrogens (tertiary/aromatic N) is 3. The van der Waals surface area contributed by atoms with Crippen LogP contribution in [-0.2, 0) is 4.79 Å². The molecule has 10 nitrogen and oxygen atoms in total. The summed E-state index contributed by atoms with van der Waals surface area (Å²) in [5.41, 5.74) is 6.68. The molecule has 3 aromatic rings. The lowest BCUT2D eigenvalue weighted by Gasteiger charge is -2.20. The molecule has 0 bridgehead atoms. The molecule has 6 N–H and O–H groups in total. The average molecular weight is 402 g/mol. The number of H-pyrrole nitrogens is 1. The molecule has 1 amide bonds. The SMILES string of the molecule is CC(C)C(Sc1nc(N)nc2nc[nH]c12)C(=O)Nc1ccc(O)c(C(=O)O)c1. The number of thioether (sulfide) groups is 1. The summed E-state index contributed by atoms with van der Waals surface area (Å²) in [4.78, 5) is 39.2. The Hall–Kier alpha value is -3.34. The molecule has 0 aliphatic rings. The van der Waals surface area contributed by atoms with Crippen LogP contribution in [-0.4, -0.2) is 47.3 Å². The van der Waals surface area contributed by atoms with Crippen molar-refractivity contribution in [2.45, 2.75) is 24.1 Å². The number of nitrogen functional groups attached to an aromatic ring is 1. The maximum absolute atomic E-state index is 12.8. The number of hydrogen-bond donors (Lipinski definition) is 5. The van der Waals surface area contributed by atoms with Crippen molar-refractivity contribution in [2.24, 2.45) is 5.92 Å². The first kappa shape index (κ1) is 19.4. The van der Waals surface area contributed by atoms with Gasteiger partial charge in [-0.15, -0.1) is 0 Å². The highest BCUT2D eigenvalue weighted by Crippen LogP contribution is 2.32. The van der Waals surface area contributed by atoms with Gasteiger partial charge in [-0.05, 0) is 24.1 Å². The summed E-state index contributed by atoms with van der Waals surface area (Å²) in [6.07, 6.45) is 1.47. The van der Waals surface area contributed by atoms with Crippen molar-refractivity contribution in [3.63, 3.8) is 0 Å². The first-order valence-electron chi connectivity index (χ1n) is 8.26. The van der Waals surface area contributed by atoms with Crippen molar-refractivity contribution in [1.82, 2.24) is 19.9 Å². The fraction of sp³-hybridized carbons (Fsp3) is 0.235. The monoisotopic (exact) mass is 402 g/mol. The number of fused-ring (bicyclic) bond motifs is 1. The normalized spacial score (nSPS) is 12.2. The first-order valence-corrected chi connectivity index (χ1v) is 9.14. The number of aromatic carboxylic acids is 1. The van der Waals surface area contributed by atoms with Crippen LogP contribution in [0, 0.1) is 5.92 Å². The van der Waals surface area contributed by atoms with Gasteiger partial charge in [0.05, 0.1) is 11.6 Å². The first-order chi connectivity index (χ1) is 13.3. The molecule has 0 aliphatic carbocycles. The summed E-state index contributed by atoms with van der Waals surface area (Å²) in [5.74, 6) is -2.03. The van der Waals surface area contributed by atoms with Crippen LogP contribution >= 0.6 is 11.8 Å². The number of aromatic nitrogens is 4. The van der Waals surface area contributed by atoms with E-state index in [9.17, 15) is 14.7 Å². The number of hydrogen-bond acceptors (Lipinski definition) is 8. The lowest BCUT2D eigenvalue weighted by atomic mass is 10.1. The van der Waals surface area contributed by atoms with Crippen LogP contribution in [0.4, 0.5) is 11.6 Å².